The fourth-order valence-corrected chi connectivity index (χ4v) is 0. The maximum absolute atomic E-state index is 0. The van der Waals surface area contributed by atoms with Gasteiger partial charge in [-0.25, -0.2) is 0 Å². The first-order valence-electron chi connectivity index (χ1n) is 0. The van der Waals surface area contributed by atoms with E-state index in [0.29, 0.717) is 0 Å². The van der Waals surface area contributed by atoms with Gasteiger partial charge in [0.05, 0.1) is 0 Å². The van der Waals surface area contributed by atoms with Crippen molar-refractivity contribution in [3.63, 3.8) is 0 Å². The Morgan fingerprint density at radius 2 is 0.105 bits per heavy atom. The quantitative estimate of drug-likeness (QED) is 0.351. The van der Waals surface area contributed by atoms with Crippen LogP contribution in [0.3, 0.4) is 0 Å². The van der Waals surface area contributed by atoms with Crippen molar-refractivity contribution in [1.82, 2.24) is 0 Å². The Morgan fingerprint density at radius 1 is 0.105 bits per heavy atom. The van der Waals surface area contributed by atoms with Gasteiger partial charge < -0.3 is 0 Å². The summed E-state index contributed by atoms with van der Waals surface area (Å²) in [4.78, 5) is 0. The van der Waals surface area contributed by atoms with Gasteiger partial charge in [-0.3, -0.25) is 0 Å². The van der Waals surface area contributed by atoms with E-state index < -0.39 is 0 Å². The van der Waals surface area contributed by atoms with E-state index >= 15 is 0 Å². The van der Waals surface area contributed by atoms with Crippen molar-refractivity contribution in [2.45, 2.75) is 29.7 Å². The van der Waals surface area contributed by atoms with E-state index in [-0.39, 0.29) is 496 Å². The summed E-state index contributed by atoms with van der Waals surface area (Å²) in [5, 5.41) is 0. The molecule has 0 aliphatic heterocycles. The molecule has 0 rings (SSSR count). The molecule has 15 heteroatoms. The molecule has 0 aliphatic carbocycles. The summed E-state index contributed by atoms with van der Waals surface area (Å²) in [5.74, 6) is 0. The van der Waals surface area contributed by atoms with Crippen LogP contribution in [0.2, 0.25) is 0 Å². The van der Waals surface area contributed by atoms with Crippen LogP contribution < -0.4 is 0 Å². The van der Waals surface area contributed by atoms with E-state index in [1.165, 1.54) is 0 Å². The molecule has 0 saturated carbocycles. The Morgan fingerprint density at radius 3 is 0.105 bits per heavy atom. The molecule has 92 valence electrons. The molecule has 0 saturated heterocycles. The van der Waals surface area contributed by atoms with Gasteiger partial charge in [0.1, 0.15) is 0 Å². The van der Waals surface area contributed by atoms with E-state index in [2.05, 4.69) is 0 Å². The SMILES string of the molecule is C.C.C.C.[U].[U].[U].[U].[U].[U].[U].[U].[U].[U].[U].[U].[U].[U].[U]. The molecule has 0 fully saturated rings. The summed E-state index contributed by atoms with van der Waals surface area (Å²) in [5.41, 5.74) is 0. The van der Waals surface area contributed by atoms with Gasteiger partial charge in [-0.15, -0.1) is 0 Å². The van der Waals surface area contributed by atoms with Crippen LogP contribution >= 0.6 is 0 Å². The number of rotatable bonds is 0. The molecule has 0 aliphatic rings. The fraction of sp³-hybridized carbons (Fsp3) is 1.00. The second-order valence-electron chi connectivity index (χ2n) is 0. The van der Waals surface area contributed by atoms with E-state index in [0.717, 1.165) is 0 Å². The Hall–Kier alpha value is 15.8. The summed E-state index contributed by atoms with van der Waals surface area (Å²) >= 11 is 0. The van der Waals surface area contributed by atoms with E-state index in [1.807, 2.05) is 0 Å². The summed E-state index contributed by atoms with van der Waals surface area (Å²) in [6.45, 7) is 0. The van der Waals surface area contributed by atoms with E-state index in [1.54, 1.807) is 0 Å². The molecule has 0 amide bonds. The van der Waals surface area contributed by atoms with Gasteiger partial charge in [0.15, 0.2) is 0 Å². The number of hydrogen-bond donors (Lipinski definition) is 0. The van der Waals surface area contributed by atoms with Crippen molar-refractivity contribution < 1.29 is 467 Å². The normalized spacial score (nSPS) is 0. The topological polar surface area (TPSA) is 0 Å². The summed E-state index contributed by atoms with van der Waals surface area (Å²) in [6.07, 6.45) is 0. The van der Waals surface area contributed by atoms with Crippen LogP contribution in [0.5, 0.6) is 0 Å². The molecule has 19 heavy (non-hydrogen) atoms. The summed E-state index contributed by atoms with van der Waals surface area (Å²) in [6, 6.07) is 0. The minimum Gasteiger partial charge on any atom is -0.0776 e. The molecule has 0 aromatic rings. The third kappa shape index (κ3) is 137. The van der Waals surface area contributed by atoms with Gasteiger partial charge in [0.25, 0.3) is 0 Å². The zero-order valence-electron chi connectivity index (χ0n) is 7.50. The van der Waals surface area contributed by atoms with Crippen molar-refractivity contribution in [3.8, 4) is 0 Å². The molecule has 0 atom stereocenters. The zero-order valence-corrected chi connectivity index (χ0v) is 70.0. The van der Waals surface area contributed by atoms with Crippen molar-refractivity contribution in [2.75, 3.05) is 0 Å². The van der Waals surface area contributed by atoms with Crippen LogP contribution in [0.4, 0.5) is 0 Å². The molecule has 0 spiro atoms. The van der Waals surface area contributed by atoms with E-state index in [4.69, 9.17) is 0 Å². The van der Waals surface area contributed by atoms with Gasteiger partial charge in [0, 0.05) is 467 Å². The second kappa shape index (κ2) is 146. The predicted molar refractivity (Wildman–Crippen MR) is 26.9 cm³/mol. The van der Waals surface area contributed by atoms with Crippen LogP contribution in [-0.2, 0) is 0 Å². The third-order valence-corrected chi connectivity index (χ3v) is 0. The minimum absolute atomic E-state index is 0. The predicted octanol–water partition coefficient (Wildman–Crippen LogP) is 2.54. The molecule has 0 aromatic heterocycles. The maximum atomic E-state index is 0. The first-order chi connectivity index (χ1) is 0. The molecular weight excluding hydrogens is 3620 g/mol. The first-order valence-corrected chi connectivity index (χ1v) is 0. The van der Waals surface area contributed by atoms with Crippen molar-refractivity contribution >= 4 is 0 Å². The van der Waals surface area contributed by atoms with Gasteiger partial charge >= 0.3 is 0 Å². The largest absolute Gasteiger partial charge is 0.0776 e. The van der Waals surface area contributed by atoms with Gasteiger partial charge in [0.2, 0.25) is 0 Å². The van der Waals surface area contributed by atoms with Gasteiger partial charge in [-0.1, -0.05) is 29.7 Å². The molecule has 0 bridgehead atoms. The van der Waals surface area contributed by atoms with Crippen LogP contribution in [0.1, 0.15) is 29.7 Å². The van der Waals surface area contributed by atoms with Crippen LogP contribution in [-0.4, -0.2) is 0 Å². The Bertz CT molecular complexity index is 14.1. The first kappa shape index (κ1) is 159. The molecule has 0 radical (unpaired) electrons. The maximum Gasteiger partial charge on any atom is 0 e. The van der Waals surface area contributed by atoms with Crippen molar-refractivity contribution in [2.24, 2.45) is 0 Å². The molecule has 0 aromatic carbocycles. The zero-order chi connectivity index (χ0) is 0. The molecule has 0 nitrogen and oxygen atoms in total. The van der Waals surface area contributed by atoms with Gasteiger partial charge in [-0.2, -0.15) is 0 Å². The van der Waals surface area contributed by atoms with Gasteiger partial charge in [-0.05, 0) is 0 Å². The summed E-state index contributed by atoms with van der Waals surface area (Å²) in [7, 11) is 0. The average Bonchev–Trinajstić information content (AvgIpc) is 0. The Balaban J connectivity index is 0. The Labute approximate surface area is 479 Å². The van der Waals surface area contributed by atoms with Crippen molar-refractivity contribution in [3.05, 3.63) is 0 Å². The minimum atomic E-state index is 0. The van der Waals surface area contributed by atoms with Crippen molar-refractivity contribution in [1.29, 1.82) is 0 Å². The van der Waals surface area contributed by atoms with Crippen LogP contribution in [0.25, 0.3) is 0 Å². The van der Waals surface area contributed by atoms with Crippen LogP contribution in [0, 0.1) is 467 Å². The van der Waals surface area contributed by atoms with Crippen LogP contribution in [0.15, 0.2) is 0 Å². The molecule has 0 heterocycles. The summed E-state index contributed by atoms with van der Waals surface area (Å²) < 4.78 is 0. The second-order valence-corrected chi connectivity index (χ2v) is 0. The standard InChI is InChI=1S/4CH4.15U/h4*1H4;;;;;;;;;;;;;;;. The van der Waals surface area contributed by atoms with E-state index in [9.17, 15) is 0 Å². The molecule has 0 unspecified atom stereocenters. The fourth-order valence-electron chi connectivity index (χ4n) is 0. The number of hydrogen-bond acceptors (Lipinski definition) is 0. The Kier molecular flexibility index (Phi) is 1220. The molecule has 0 N–H and O–H groups in total. The third-order valence-electron chi connectivity index (χ3n) is 0. The monoisotopic (exact) mass is 3630 g/mol. The smallest absolute Gasteiger partial charge is 0 e. The average molecular weight is 3630 g/mol. The molecular formula is C4H16U15.